The zero-order valence-corrected chi connectivity index (χ0v) is 9.13. The average molecular weight is 245 g/mol. The van der Waals surface area contributed by atoms with Crippen LogP contribution < -0.4 is 0 Å². The summed E-state index contributed by atoms with van der Waals surface area (Å²) in [5, 5.41) is 1.92. The average Bonchev–Trinajstić information content (AvgIpc) is 2.17. The third kappa shape index (κ3) is 9.54. The Bertz CT molecular complexity index is 202. The molecule has 1 heterocycles. The molecular weight excluding hydrogens is 229 g/mol. The zero-order chi connectivity index (χ0) is 12.6. The lowest BCUT2D eigenvalue weighted by atomic mass is 10.2. The number of halogens is 4. The molecule has 0 spiro atoms. The SMILES string of the molecule is CCO[N+](=N)N1CCCCC1.F[B-](F)(F)F. The van der Waals surface area contributed by atoms with Crippen molar-refractivity contribution in [3.05, 3.63) is 0 Å². The molecule has 9 heteroatoms. The molecule has 1 saturated heterocycles. The van der Waals surface area contributed by atoms with Gasteiger partial charge in [0.1, 0.15) is 0 Å². The predicted molar refractivity (Wildman–Crippen MR) is 50.2 cm³/mol. The third-order valence-corrected chi connectivity index (χ3v) is 1.84. The molecule has 0 unspecified atom stereocenters. The molecule has 1 fully saturated rings. The maximum atomic E-state index is 9.75. The standard InChI is InChI=1S/C7H16N3O.BF4/c1-2-11-10(8)9-6-4-3-5-7-9;2-1(3,4)5/h8H,2-7H2,1H3;/q+1;-1. The number of piperidine rings is 1. The van der Waals surface area contributed by atoms with Crippen LogP contribution in [0.4, 0.5) is 17.3 Å². The van der Waals surface area contributed by atoms with E-state index in [1.54, 1.807) is 0 Å². The van der Waals surface area contributed by atoms with E-state index in [0.717, 1.165) is 18.1 Å². The highest BCUT2D eigenvalue weighted by atomic mass is 19.5. The first-order valence-corrected chi connectivity index (χ1v) is 5.11. The van der Waals surface area contributed by atoms with E-state index in [1.807, 2.05) is 11.9 Å². The van der Waals surface area contributed by atoms with Crippen molar-refractivity contribution in [3.8, 4) is 0 Å². The highest BCUT2D eigenvalue weighted by molar-refractivity contribution is 6.50. The molecule has 0 atom stereocenters. The van der Waals surface area contributed by atoms with E-state index in [-0.39, 0.29) is 0 Å². The van der Waals surface area contributed by atoms with Crippen LogP contribution in [-0.4, -0.2) is 36.9 Å². The van der Waals surface area contributed by atoms with Gasteiger partial charge in [-0.1, -0.05) is 0 Å². The van der Waals surface area contributed by atoms with E-state index in [0.29, 0.717) is 6.61 Å². The quantitative estimate of drug-likeness (QED) is 0.273. The van der Waals surface area contributed by atoms with Crippen molar-refractivity contribution in [3.63, 3.8) is 0 Å². The van der Waals surface area contributed by atoms with Gasteiger partial charge >= 0.3 is 7.25 Å². The smallest absolute Gasteiger partial charge is 0.418 e. The monoisotopic (exact) mass is 245 g/mol. The summed E-state index contributed by atoms with van der Waals surface area (Å²) in [6, 6.07) is 0. The van der Waals surface area contributed by atoms with Crippen LogP contribution in [-0.2, 0) is 4.84 Å². The first kappa shape index (κ1) is 15.0. The van der Waals surface area contributed by atoms with Crippen molar-refractivity contribution in [2.45, 2.75) is 26.2 Å². The minimum Gasteiger partial charge on any atom is -0.418 e. The summed E-state index contributed by atoms with van der Waals surface area (Å²) in [4.78, 5) is 6.13. The minimum atomic E-state index is -6.00. The number of hydrogen-bond acceptors (Lipinski definition) is 2. The first-order chi connectivity index (χ1) is 7.34. The lowest BCUT2D eigenvalue weighted by Crippen LogP contribution is -2.37. The van der Waals surface area contributed by atoms with Gasteiger partial charge < -0.3 is 17.3 Å². The van der Waals surface area contributed by atoms with Crippen LogP contribution in [0.1, 0.15) is 26.2 Å². The molecule has 0 amide bonds. The van der Waals surface area contributed by atoms with Crippen LogP contribution >= 0.6 is 0 Å². The van der Waals surface area contributed by atoms with Gasteiger partial charge in [0.15, 0.2) is 6.61 Å². The molecule has 0 saturated carbocycles. The van der Waals surface area contributed by atoms with Crippen LogP contribution in [0, 0.1) is 5.53 Å². The number of rotatable bonds is 3. The zero-order valence-electron chi connectivity index (χ0n) is 9.13. The van der Waals surface area contributed by atoms with Gasteiger partial charge in [-0.25, -0.2) is 4.84 Å². The maximum Gasteiger partial charge on any atom is 0.673 e. The number of nitrogens with one attached hydrogen (secondary N) is 1. The third-order valence-electron chi connectivity index (χ3n) is 1.84. The van der Waals surface area contributed by atoms with Crippen molar-refractivity contribution < 1.29 is 27.1 Å². The Kier molecular flexibility index (Phi) is 6.83. The Morgan fingerprint density at radius 1 is 1.19 bits per heavy atom. The van der Waals surface area contributed by atoms with Crippen molar-refractivity contribution in [2.75, 3.05) is 19.7 Å². The fourth-order valence-electron chi connectivity index (χ4n) is 1.26. The second-order valence-electron chi connectivity index (χ2n) is 3.20. The van der Waals surface area contributed by atoms with E-state index in [1.165, 1.54) is 19.3 Å². The Morgan fingerprint density at radius 3 is 2.00 bits per heavy atom. The van der Waals surface area contributed by atoms with Gasteiger partial charge in [0.25, 0.3) is 0 Å². The van der Waals surface area contributed by atoms with Crippen LogP contribution in [0.25, 0.3) is 0 Å². The normalized spacial score (nSPS) is 16.2. The predicted octanol–water partition coefficient (Wildman–Crippen LogP) is 2.68. The van der Waals surface area contributed by atoms with E-state index >= 15 is 0 Å². The van der Waals surface area contributed by atoms with Gasteiger partial charge in [0.05, 0.1) is 13.1 Å². The molecule has 16 heavy (non-hydrogen) atoms. The molecule has 1 rings (SSSR count). The van der Waals surface area contributed by atoms with Crippen LogP contribution in [0.15, 0.2) is 0 Å². The highest BCUT2D eigenvalue weighted by Gasteiger charge is 2.21. The van der Waals surface area contributed by atoms with Crippen LogP contribution in [0.3, 0.4) is 0 Å². The van der Waals surface area contributed by atoms with Crippen molar-refractivity contribution in [1.29, 1.82) is 5.53 Å². The van der Waals surface area contributed by atoms with E-state index in [2.05, 4.69) is 0 Å². The second-order valence-corrected chi connectivity index (χ2v) is 3.20. The van der Waals surface area contributed by atoms with Gasteiger partial charge in [-0.2, -0.15) is 0 Å². The molecule has 0 aromatic carbocycles. The first-order valence-electron chi connectivity index (χ1n) is 5.11. The van der Waals surface area contributed by atoms with Gasteiger partial charge in [0, 0.05) is 5.53 Å². The summed E-state index contributed by atoms with van der Waals surface area (Å²) in [7, 11) is -6.00. The Labute approximate surface area is 91.7 Å². The molecule has 1 aliphatic rings. The molecule has 0 aromatic heterocycles. The summed E-state index contributed by atoms with van der Waals surface area (Å²) in [5.41, 5.74) is 7.40. The summed E-state index contributed by atoms with van der Waals surface area (Å²) in [6.07, 6.45) is 3.65. The van der Waals surface area contributed by atoms with E-state index in [4.69, 9.17) is 10.4 Å². The second kappa shape index (κ2) is 7.29. The molecule has 0 aromatic rings. The maximum absolute atomic E-state index is 9.75. The highest BCUT2D eigenvalue weighted by Crippen LogP contribution is 2.08. The van der Waals surface area contributed by atoms with Crippen LogP contribution in [0.5, 0.6) is 0 Å². The number of nitrogens with zero attached hydrogens (tertiary/aromatic N) is 2. The molecule has 0 radical (unpaired) electrons. The topological polar surface area (TPSA) is 39.3 Å². The largest absolute Gasteiger partial charge is 0.673 e. The number of hydrogen-bond donors (Lipinski definition) is 1. The molecular formula is C7H16BF4N3O. The fourth-order valence-corrected chi connectivity index (χ4v) is 1.26. The summed E-state index contributed by atoms with van der Waals surface area (Å²) in [6.45, 7) is 4.39. The lowest BCUT2D eigenvalue weighted by molar-refractivity contribution is -0.952. The summed E-state index contributed by atoms with van der Waals surface area (Å²) < 4.78 is 39.0. The molecule has 0 bridgehead atoms. The van der Waals surface area contributed by atoms with Gasteiger partial charge in [-0.3, -0.25) is 0 Å². The Balaban J connectivity index is 0.000000385. The molecule has 1 aliphatic heterocycles. The summed E-state index contributed by atoms with van der Waals surface area (Å²) in [5.74, 6) is 0. The molecule has 96 valence electrons. The minimum absolute atomic E-state index is 0.569. The van der Waals surface area contributed by atoms with Gasteiger partial charge in [-0.15, -0.1) is 5.01 Å². The van der Waals surface area contributed by atoms with Gasteiger partial charge in [0.2, 0.25) is 4.97 Å². The fraction of sp³-hybridized carbons (Fsp3) is 1.00. The van der Waals surface area contributed by atoms with Crippen molar-refractivity contribution in [2.24, 2.45) is 0 Å². The van der Waals surface area contributed by atoms with Crippen molar-refractivity contribution >= 4 is 7.25 Å². The van der Waals surface area contributed by atoms with Gasteiger partial charge in [-0.05, 0) is 26.2 Å². The Morgan fingerprint density at radius 2 is 1.62 bits per heavy atom. The number of hydrazine groups is 1. The molecule has 4 nitrogen and oxygen atoms in total. The van der Waals surface area contributed by atoms with E-state index in [9.17, 15) is 17.3 Å². The van der Waals surface area contributed by atoms with E-state index < -0.39 is 7.25 Å². The summed E-state index contributed by atoms with van der Waals surface area (Å²) >= 11 is 0. The lowest BCUT2D eigenvalue weighted by Gasteiger charge is -2.18. The Hall–Kier alpha value is -1.02. The van der Waals surface area contributed by atoms with Crippen molar-refractivity contribution in [1.82, 2.24) is 5.01 Å². The van der Waals surface area contributed by atoms with Crippen LogP contribution in [0.2, 0.25) is 0 Å². The molecule has 1 N–H and O–H groups in total. The molecule has 0 aliphatic carbocycles.